The molecule has 2 unspecified atom stereocenters. The maximum atomic E-state index is 12.9. The monoisotopic (exact) mass is 357 g/mol. The maximum Gasteiger partial charge on any atom is 0.291 e. The van der Waals surface area contributed by atoms with Crippen molar-refractivity contribution in [1.29, 1.82) is 0 Å². The number of carbonyl (C=O) groups is 3. The molecule has 2 atom stereocenters. The Kier molecular flexibility index (Phi) is 5.27. The molecule has 0 bridgehead atoms. The molecule has 26 heavy (non-hydrogen) atoms. The third-order valence-electron chi connectivity index (χ3n) is 4.60. The summed E-state index contributed by atoms with van der Waals surface area (Å²) in [6.45, 7) is 1.29. The summed E-state index contributed by atoms with van der Waals surface area (Å²) in [4.78, 5) is 43.9. The van der Waals surface area contributed by atoms with Crippen LogP contribution in [-0.4, -0.2) is 49.6 Å². The molecule has 7 nitrogen and oxygen atoms in total. The molecule has 0 spiro atoms. The number of aromatic nitrogens is 1. The number of aromatic amines is 1. The fourth-order valence-corrected chi connectivity index (χ4v) is 3.37. The lowest BCUT2D eigenvalue weighted by molar-refractivity contribution is -0.858. The quantitative estimate of drug-likeness (QED) is 0.414. The van der Waals surface area contributed by atoms with Gasteiger partial charge in [-0.1, -0.05) is 0 Å². The van der Waals surface area contributed by atoms with E-state index in [0.29, 0.717) is 6.54 Å². The number of rotatable bonds is 7. The van der Waals surface area contributed by atoms with E-state index in [0.717, 1.165) is 18.5 Å². The lowest BCUT2D eigenvalue weighted by Gasteiger charge is -2.25. The van der Waals surface area contributed by atoms with Gasteiger partial charge >= 0.3 is 0 Å². The number of ketones is 2. The van der Waals surface area contributed by atoms with Crippen molar-refractivity contribution >= 4 is 17.5 Å². The Balaban J connectivity index is 1.95. The minimum atomic E-state index is -1.09. The average molecular weight is 357 g/mol. The van der Waals surface area contributed by atoms with Crippen LogP contribution in [-0.2, 0) is 9.59 Å². The topological polar surface area (TPSA) is 86.2 Å². The van der Waals surface area contributed by atoms with Gasteiger partial charge < -0.3 is 14.2 Å². The number of Topliss-reactive ketones (excluding diaryl/α,β-unsaturated/α-hetero) is 2. The highest BCUT2D eigenvalue weighted by Crippen LogP contribution is 2.37. The van der Waals surface area contributed by atoms with E-state index in [1.165, 1.54) is 22.1 Å². The molecule has 2 aromatic rings. The second-order valence-corrected chi connectivity index (χ2v) is 6.77. The Morgan fingerprint density at radius 3 is 2.69 bits per heavy atom. The highest BCUT2D eigenvalue weighted by molar-refractivity contribution is 6.43. The molecule has 0 aromatic carbocycles. The van der Waals surface area contributed by atoms with Gasteiger partial charge in [0.15, 0.2) is 18.2 Å². The zero-order valence-corrected chi connectivity index (χ0v) is 14.9. The van der Waals surface area contributed by atoms with Crippen LogP contribution < -0.4 is 9.88 Å². The molecule has 2 N–H and O–H groups in total. The van der Waals surface area contributed by atoms with Gasteiger partial charge in [0.05, 0.1) is 32.9 Å². The van der Waals surface area contributed by atoms with Crippen molar-refractivity contribution in [3.05, 3.63) is 54.2 Å². The van der Waals surface area contributed by atoms with E-state index in [2.05, 4.69) is 4.98 Å². The van der Waals surface area contributed by atoms with E-state index >= 15 is 0 Å². The summed E-state index contributed by atoms with van der Waals surface area (Å²) in [5.41, 5.74) is 0.730. The Hall–Kier alpha value is -2.80. The van der Waals surface area contributed by atoms with Crippen LogP contribution in [0.4, 0.5) is 0 Å². The average Bonchev–Trinajstić information content (AvgIpc) is 3.24. The zero-order chi connectivity index (χ0) is 18.7. The molecule has 3 heterocycles. The number of hydrogen-bond donors (Lipinski definition) is 1. The minimum Gasteiger partial charge on any atom is -0.461 e. The van der Waals surface area contributed by atoms with E-state index < -0.39 is 29.4 Å². The van der Waals surface area contributed by atoms with Crippen molar-refractivity contribution < 1.29 is 28.7 Å². The normalized spacial score (nSPS) is 20.2. The molecular weight excluding hydrogens is 334 g/mol. The lowest BCUT2D eigenvalue weighted by Crippen LogP contribution is -3.05. The van der Waals surface area contributed by atoms with E-state index in [1.807, 2.05) is 20.2 Å². The van der Waals surface area contributed by atoms with Crippen molar-refractivity contribution in [2.75, 3.05) is 27.2 Å². The molecule has 0 aliphatic carbocycles. The van der Waals surface area contributed by atoms with Gasteiger partial charge in [-0.25, -0.2) is 4.98 Å². The van der Waals surface area contributed by atoms with E-state index in [-0.39, 0.29) is 5.76 Å². The molecule has 1 saturated heterocycles. The van der Waals surface area contributed by atoms with E-state index in [4.69, 9.17) is 4.42 Å². The summed E-state index contributed by atoms with van der Waals surface area (Å²) in [7, 11) is 4.06. The van der Waals surface area contributed by atoms with Crippen LogP contribution >= 0.6 is 0 Å². The van der Waals surface area contributed by atoms with Gasteiger partial charge in [0, 0.05) is 24.6 Å². The van der Waals surface area contributed by atoms with Gasteiger partial charge in [-0.15, -0.1) is 0 Å². The number of likely N-dealkylation sites (tertiary alicyclic amines) is 1. The zero-order valence-electron chi connectivity index (χ0n) is 14.9. The van der Waals surface area contributed by atoms with Crippen molar-refractivity contribution in [2.45, 2.75) is 12.5 Å². The summed E-state index contributed by atoms with van der Waals surface area (Å²) < 4.78 is 5.18. The Bertz CT molecular complexity index is 786. The van der Waals surface area contributed by atoms with Crippen LogP contribution in [0.5, 0.6) is 0 Å². The van der Waals surface area contributed by atoms with Crippen LogP contribution in [0, 0.1) is 5.92 Å². The molecule has 1 aliphatic heterocycles. The predicted octanol–water partition coefficient (Wildman–Crippen LogP) is -0.420. The van der Waals surface area contributed by atoms with E-state index in [1.54, 1.807) is 24.5 Å². The fourth-order valence-electron chi connectivity index (χ4n) is 3.37. The second kappa shape index (κ2) is 7.61. The van der Waals surface area contributed by atoms with Gasteiger partial charge in [0.25, 0.3) is 5.91 Å². The number of furan rings is 1. The predicted molar refractivity (Wildman–Crippen MR) is 91.3 cm³/mol. The van der Waals surface area contributed by atoms with Crippen molar-refractivity contribution in [1.82, 2.24) is 4.90 Å². The summed E-state index contributed by atoms with van der Waals surface area (Å²) in [6.07, 6.45) is 5.60. The van der Waals surface area contributed by atoms with E-state index in [9.17, 15) is 14.4 Å². The van der Waals surface area contributed by atoms with Crippen LogP contribution in [0.2, 0.25) is 0 Å². The van der Waals surface area contributed by atoms with Crippen LogP contribution in [0.15, 0.2) is 47.3 Å². The highest BCUT2D eigenvalue weighted by Gasteiger charge is 2.52. The third-order valence-corrected chi connectivity index (χ3v) is 4.60. The number of nitrogens with zero attached hydrogens (tertiary/aromatic N) is 1. The van der Waals surface area contributed by atoms with Gasteiger partial charge in [-0.05, 0) is 18.2 Å². The molecular formula is C19H23N3O4+2. The number of hydrogen-bond acceptors (Lipinski definition) is 4. The number of carbonyl (C=O) groups excluding carboxylic acids is 3. The minimum absolute atomic E-state index is 0.0978. The molecule has 7 heteroatoms. The van der Waals surface area contributed by atoms with Crippen molar-refractivity contribution in [3.63, 3.8) is 0 Å². The number of quaternary nitrogens is 1. The smallest absolute Gasteiger partial charge is 0.291 e. The van der Waals surface area contributed by atoms with Crippen LogP contribution in [0.25, 0.3) is 0 Å². The number of amides is 1. The summed E-state index contributed by atoms with van der Waals surface area (Å²) in [5, 5.41) is 0. The molecule has 0 saturated carbocycles. The molecule has 136 valence electrons. The van der Waals surface area contributed by atoms with Crippen LogP contribution in [0.1, 0.15) is 28.6 Å². The molecule has 3 rings (SSSR count). The number of H-pyrrole nitrogens is 1. The first-order chi connectivity index (χ1) is 12.5. The standard InChI is InChI=1S/C19H21N3O4/c1-21(2)9-5-10-22-16(13-6-3-8-20-12-13)15(18(24)19(22)25)17(23)14-7-4-11-26-14/h3-4,6-8,11-12,15-16H,5,9-10H2,1-2H3/p+2. The summed E-state index contributed by atoms with van der Waals surface area (Å²) in [5.74, 6) is -2.71. The number of nitrogens with one attached hydrogen (secondary N) is 2. The first kappa shape index (κ1) is 18.0. The van der Waals surface area contributed by atoms with Gasteiger partial charge in [-0.2, -0.15) is 0 Å². The Morgan fingerprint density at radius 1 is 1.27 bits per heavy atom. The molecule has 1 amide bonds. The number of pyridine rings is 1. The van der Waals surface area contributed by atoms with Gasteiger partial charge in [0.1, 0.15) is 5.92 Å². The second-order valence-electron chi connectivity index (χ2n) is 6.77. The van der Waals surface area contributed by atoms with Gasteiger partial charge in [0.2, 0.25) is 11.6 Å². The molecule has 0 radical (unpaired) electrons. The Labute approximate surface area is 151 Å². The van der Waals surface area contributed by atoms with Gasteiger partial charge in [-0.3, -0.25) is 14.4 Å². The maximum absolute atomic E-state index is 12.9. The lowest BCUT2D eigenvalue weighted by atomic mass is 9.89. The summed E-state index contributed by atoms with van der Waals surface area (Å²) in [6, 6.07) is 6.10. The fraction of sp³-hybridized carbons (Fsp3) is 0.368. The first-order valence-corrected chi connectivity index (χ1v) is 8.68. The van der Waals surface area contributed by atoms with Crippen LogP contribution in [0.3, 0.4) is 0 Å². The van der Waals surface area contributed by atoms with Crippen molar-refractivity contribution in [3.8, 4) is 0 Å². The first-order valence-electron chi connectivity index (χ1n) is 8.68. The molecule has 1 aliphatic rings. The SMILES string of the molecule is C[NH+](C)CCCN1C(=O)C(=O)C(C(=O)c2ccco2)C1c1ccc[nH+]c1. The van der Waals surface area contributed by atoms with Crippen molar-refractivity contribution in [2.24, 2.45) is 5.92 Å². The molecule has 1 fully saturated rings. The molecule has 2 aromatic heterocycles. The Morgan fingerprint density at radius 2 is 2.08 bits per heavy atom. The summed E-state index contributed by atoms with van der Waals surface area (Å²) >= 11 is 0. The highest BCUT2D eigenvalue weighted by atomic mass is 16.3. The third kappa shape index (κ3) is 3.43. The largest absolute Gasteiger partial charge is 0.461 e.